The quantitative estimate of drug-likeness (QED) is 0.0199. The van der Waals surface area contributed by atoms with Crippen molar-refractivity contribution in [2.24, 2.45) is 0 Å². The molecule has 0 amide bonds. The van der Waals surface area contributed by atoms with Gasteiger partial charge in [-0.1, -0.05) is 226 Å². The van der Waals surface area contributed by atoms with Gasteiger partial charge in [-0.05, 0) is 103 Å². The van der Waals surface area contributed by atoms with Crippen molar-refractivity contribution in [3.63, 3.8) is 0 Å². The smallest absolute Gasteiger partial charge is 0.306 e. The number of unbranched alkanes of at least 4 members (excludes halogenated alkanes) is 19. The number of esters is 3. The van der Waals surface area contributed by atoms with E-state index in [1.807, 2.05) is 36.5 Å². The molecule has 0 aromatic carbocycles. The highest BCUT2D eigenvalue weighted by molar-refractivity contribution is 5.71. The maximum atomic E-state index is 12.8. The Bertz CT molecular complexity index is 1440. The van der Waals surface area contributed by atoms with E-state index in [2.05, 4.69) is 106 Å². The van der Waals surface area contributed by atoms with E-state index in [4.69, 9.17) is 14.2 Å². The Balaban J connectivity index is 4.52. The highest BCUT2D eigenvalue weighted by atomic mass is 16.6. The highest BCUT2D eigenvalue weighted by Crippen LogP contribution is 2.13. The topological polar surface area (TPSA) is 78.9 Å². The van der Waals surface area contributed by atoms with E-state index < -0.39 is 6.10 Å². The Hall–Kier alpha value is -4.19. The first kappa shape index (κ1) is 62.8. The molecular weight excluding hydrogens is 829 g/mol. The molecule has 0 heterocycles. The van der Waals surface area contributed by atoms with Gasteiger partial charge in [0.25, 0.3) is 0 Å². The zero-order chi connectivity index (χ0) is 48.6. The molecule has 0 aliphatic heterocycles. The molecule has 1 atom stereocenters. The molecule has 0 saturated heterocycles. The minimum absolute atomic E-state index is 0.119. The Morgan fingerprint density at radius 3 is 1.16 bits per heavy atom. The molecule has 6 heteroatoms. The third-order valence-corrected chi connectivity index (χ3v) is 11.0. The fourth-order valence-corrected chi connectivity index (χ4v) is 7.01. The summed E-state index contributed by atoms with van der Waals surface area (Å²) < 4.78 is 16.7. The second-order valence-electron chi connectivity index (χ2n) is 17.5. The third kappa shape index (κ3) is 52.6. The molecule has 0 N–H and O–H groups in total. The largest absolute Gasteiger partial charge is 0.462 e. The first-order chi connectivity index (χ1) is 33.0. The van der Waals surface area contributed by atoms with Crippen molar-refractivity contribution < 1.29 is 28.6 Å². The van der Waals surface area contributed by atoms with Gasteiger partial charge in [-0.3, -0.25) is 14.4 Å². The van der Waals surface area contributed by atoms with Gasteiger partial charge in [0, 0.05) is 19.3 Å². The standard InChI is InChI=1S/C61H98O6/c1-4-7-10-13-16-19-22-25-27-29-30-32-33-36-39-42-45-48-51-54-60(63)66-57-58(56-65-59(62)53-50-47-44-41-38-35-24-21-18-15-12-9-6-3)67-61(64)55-52-49-46-43-40-37-34-31-28-26-23-20-17-14-11-8-5-2/h8-9,11-12,15,17-18,20-21,24,26,28-30,34-35,37-38,43,46,58H,4-7,10,13-14,16,19,22-23,25,27,31-33,36,39-42,44-45,47-57H2,1-3H3/b11-8+,12-9+,18-15+,20-17+,24-21+,28-26+,30-29+,37-34+,38-35+,46-43+. The van der Waals surface area contributed by atoms with Crippen LogP contribution in [0.25, 0.3) is 0 Å². The molecule has 378 valence electrons. The summed E-state index contributed by atoms with van der Waals surface area (Å²) in [6, 6.07) is 0. The molecule has 0 spiro atoms. The van der Waals surface area contributed by atoms with Crippen LogP contribution in [-0.2, 0) is 28.6 Å². The lowest BCUT2D eigenvalue weighted by atomic mass is 10.1. The summed E-state index contributed by atoms with van der Waals surface area (Å²) in [5, 5.41) is 0. The summed E-state index contributed by atoms with van der Waals surface area (Å²) >= 11 is 0. The maximum absolute atomic E-state index is 12.8. The van der Waals surface area contributed by atoms with Gasteiger partial charge >= 0.3 is 17.9 Å². The summed E-state index contributed by atoms with van der Waals surface area (Å²) in [7, 11) is 0. The second-order valence-corrected chi connectivity index (χ2v) is 17.5. The average molecular weight is 927 g/mol. The normalized spacial score (nSPS) is 13.1. The van der Waals surface area contributed by atoms with Gasteiger partial charge in [-0.25, -0.2) is 0 Å². The summed E-state index contributed by atoms with van der Waals surface area (Å²) in [5.41, 5.74) is 0. The SMILES string of the molecule is CC/C=C/C=C/C=C/C=C/CCCCCC(=O)OCC(COC(=O)CCCCCCCCC/C=C/CCCCCCCCCC)OC(=O)CCC/C=C/C/C=C/C/C=C/C/C=C/C/C=C/CC. The molecular formula is C61H98O6. The van der Waals surface area contributed by atoms with Gasteiger partial charge < -0.3 is 14.2 Å². The number of hydrogen-bond donors (Lipinski definition) is 0. The predicted octanol–water partition coefficient (Wildman–Crippen LogP) is 18.1. The predicted molar refractivity (Wildman–Crippen MR) is 288 cm³/mol. The molecule has 0 bridgehead atoms. The lowest BCUT2D eigenvalue weighted by molar-refractivity contribution is -0.167. The number of rotatable bonds is 47. The van der Waals surface area contributed by atoms with Crippen molar-refractivity contribution in [2.45, 2.75) is 232 Å². The Labute approximate surface area is 412 Å². The van der Waals surface area contributed by atoms with Crippen LogP contribution in [0.5, 0.6) is 0 Å². The van der Waals surface area contributed by atoms with Crippen molar-refractivity contribution in [3.05, 3.63) is 122 Å². The molecule has 1 unspecified atom stereocenters. The molecule has 0 aliphatic rings. The van der Waals surface area contributed by atoms with Crippen LogP contribution in [0.1, 0.15) is 226 Å². The van der Waals surface area contributed by atoms with Crippen molar-refractivity contribution in [1.82, 2.24) is 0 Å². The molecule has 0 aromatic heterocycles. The maximum Gasteiger partial charge on any atom is 0.306 e. The number of carbonyl (C=O) groups is 3. The lowest BCUT2D eigenvalue weighted by Crippen LogP contribution is -2.30. The van der Waals surface area contributed by atoms with Crippen molar-refractivity contribution in [1.29, 1.82) is 0 Å². The van der Waals surface area contributed by atoms with Crippen LogP contribution in [0.3, 0.4) is 0 Å². The third-order valence-electron chi connectivity index (χ3n) is 11.0. The molecule has 0 aromatic rings. The Morgan fingerprint density at radius 1 is 0.328 bits per heavy atom. The molecule has 0 radical (unpaired) electrons. The fraction of sp³-hybridized carbons (Fsp3) is 0.623. The number of ether oxygens (including phenoxy) is 3. The van der Waals surface area contributed by atoms with Crippen LogP contribution < -0.4 is 0 Å². The van der Waals surface area contributed by atoms with E-state index >= 15 is 0 Å². The lowest BCUT2D eigenvalue weighted by Gasteiger charge is -2.18. The van der Waals surface area contributed by atoms with Crippen LogP contribution in [0, 0.1) is 0 Å². The van der Waals surface area contributed by atoms with E-state index in [9.17, 15) is 14.4 Å². The van der Waals surface area contributed by atoms with Crippen molar-refractivity contribution in [2.75, 3.05) is 13.2 Å². The Kier molecular flexibility index (Phi) is 51.0. The van der Waals surface area contributed by atoms with Gasteiger partial charge in [0.05, 0.1) is 0 Å². The van der Waals surface area contributed by atoms with E-state index in [-0.39, 0.29) is 37.5 Å². The zero-order valence-electron chi connectivity index (χ0n) is 43.1. The number of hydrogen-bond acceptors (Lipinski definition) is 6. The first-order valence-corrected chi connectivity index (χ1v) is 27.1. The Morgan fingerprint density at radius 2 is 0.672 bits per heavy atom. The van der Waals surface area contributed by atoms with Gasteiger partial charge in [0.1, 0.15) is 13.2 Å². The second kappa shape index (κ2) is 54.4. The van der Waals surface area contributed by atoms with E-state index in [1.165, 1.54) is 89.9 Å². The van der Waals surface area contributed by atoms with E-state index in [1.54, 1.807) is 0 Å². The van der Waals surface area contributed by atoms with Crippen molar-refractivity contribution >= 4 is 17.9 Å². The summed E-state index contributed by atoms with van der Waals surface area (Å²) in [5.74, 6) is -1.03. The van der Waals surface area contributed by atoms with Crippen LogP contribution in [0.4, 0.5) is 0 Å². The van der Waals surface area contributed by atoms with Gasteiger partial charge in [-0.2, -0.15) is 0 Å². The minimum Gasteiger partial charge on any atom is -0.462 e. The van der Waals surface area contributed by atoms with Crippen LogP contribution >= 0.6 is 0 Å². The molecule has 67 heavy (non-hydrogen) atoms. The highest BCUT2D eigenvalue weighted by Gasteiger charge is 2.19. The van der Waals surface area contributed by atoms with Crippen molar-refractivity contribution in [3.8, 4) is 0 Å². The van der Waals surface area contributed by atoms with E-state index in [0.29, 0.717) is 19.3 Å². The molecule has 0 fully saturated rings. The van der Waals surface area contributed by atoms with Gasteiger partial charge in [0.2, 0.25) is 0 Å². The van der Waals surface area contributed by atoms with Crippen LogP contribution in [-0.4, -0.2) is 37.2 Å². The van der Waals surface area contributed by atoms with Gasteiger partial charge in [-0.15, -0.1) is 0 Å². The first-order valence-electron chi connectivity index (χ1n) is 27.1. The molecule has 0 rings (SSSR count). The molecule has 0 saturated carbocycles. The monoisotopic (exact) mass is 927 g/mol. The number of carbonyl (C=O) groups excluding carboxylic acids is 3. The van der Waals surface area contributed by atoms with Gasteiger partial charge in [0.15, 0.2) is 6.10 Å². The fourth-order valence-electron chi connectivity index (χ4n) is 7.01. The van der Waals surface area contributed by atoms with Crippen LogP contribution in [0.2, 0.25) is 0 Å². The molecule has 0 aliphatic carbocycles. The number of allylic oxidation sites excluding steroid dienone is 20. The average Bonchev–Trinajstić information content (AvgIpc) is 3.33. The summed E-state index contributed by atoms with van der Waals surface area (Å²) in [6.07, 6.45) is 74.8. The summed E-state index contributed by atoms with van der Waals surface area (Å²) in [4.78, 5) is 38.0. The minimum atomic E-state index is -0.829. The van der Waals surface area contributed by atoms with Crippen LogP contribution in [0.15, 0.2) is 122 Å². The van der Waals surface area contributed by atoms with E-state index in [0.717, 1.165) is 89.9 Å². The zero-order valence-corrected chi connectivity index (χ0v) is 43.1. The molecule has 6 nitrogen and oxygen atoms in total. The summed E-state index contributed by atoms with van der Waals surface area (Å²) in [6.45, 7) is 6.29.